The topological polar surface area (TPSA) is 26.3 Å². The van der Waals surface area contributed by atoms with Gasteiger partial charge in [0.2, 0.25) is 0 Å². The van der Waals surface area contributed by atoms with Crippen LogP contribution in [0.15, 0.2) is 0 Å². The predicted molar refractivity (Wildman–Crippen MR) is 43.2 cm³/mol. The van der Waals surface area contributed by atoms with Gasteiger partial charge in [0.1, 0.15) is 0 Å². The molecule has 1 aliphatic rings. The van der Waals surface area contributed by atoms with Crippen molar-refractivity contribution in [2.75, 3.05) is 7.11 Å². The van der Waals surface area contributed by atoms with E-state index in [-0.39, 0.29) is 11.4 Å². The largest absolute Gasteiger partial charge is 0.469 e. The summed E-state index contributed by atoms with van der Waals surface area (Å²) >= 11 is 0. The molecule has 0 N–H and O–H groups in total. The van der Waals surface area contributed by atoms with Crippen LogP contribution >= 0.6 is 0 Å². The van der Waals surface area contributed by atoms with E-state index < -0.39 is 0 Å². The lowest BCUT2D eigenvalue weighted by Gasteiger charge is -2.23. The molecule has 0 bridgehead atoms. The minimum Gasteiger partial charge on any atom is -0.469 e. The molecule has 0 atom stereocenters. The summed E-state index contributed by atoms with van der Waals surface area (Å²) in [5.74, 6) is -0.00231. The van der Waals surface area contributed by atoms with E-state index in [2.05, 4.69) is 6.92 Å². The summed E-state index contributed by atoms with van der Waals surface area (Å²) in [5, 5.41) is 0. The molecule has 11 heavy (non-hydrogen) atoms. The van der Waals surface area contributed by atoms with Crippen LogP contribution in [0.1, 0.15) is 39.0 Å². The molecule has 1 saturated carbocycles. The standard InChI is InChI=1S/C9H16O2/c1-3-9(8(10)11-2)6-4-5-7-9/h3-7H2,1-2H3. The van der Waals surface area contributed by atoms with Gasteiger partial charge in [0.05, 0.1) is 12.5 Å². The van der Waals surface area contributed by atoms with Crippen LogP contribution in [0, 0.1) is 5.41 Å². The second-order valence-corrected chi connectivity index (χ2v) is 3.33. The molecule has 0 saturated heterocycles. The number of hydrogen-bond donors (Lipinski definition) is 0. The van der Waals surface area contributed by atoms with E-state index in [0.717, 1.165) is 19.3 Å². The number of esters is 1. The maximum atomic E-state index is 11.3. The van der Waals surface area contributed by atoms with E-state index in [4.69, 9.17) is 4.74 Å². The Morgan fingerprint density at radius 1 is 1.45 bits per heavy atom. The van der Waals surface area contributed by atoms with Gasteiger partial charge in [-0.2, -0.15) is 0 Å². The Labute approximate surface area is 67.9 Å². The average Bonchev–Trinajstić information content (AvgIpc) is 2.52. The van der Waals surface area contributed by atoms with Crippen molar-refractivity contribution in [2.24, 2.45) is 5.41 Å². The van der Waals surface area contributed by atoms with Crippen molar-refractivity contribution >= 4 is 5.97 Å². The van der Waals surface area contributed by atoms with Crippen LogP contribution in [0.2, 0.25) is 0 Å². The highest BCUT2D eigenvalue weighted by Crippen LogP contribution is 2.41. The second-order valence-electron chi connectivity index (χ2n) is 3.33. The molecule has 0 aromatic carbocycles. The van der Waals surface area contributed by atoms with Gasteiger partial charge in [-0.25, -0.2) is 0 Å². The van der Waals surface area contributed by atoms with Crippen molar-refractivity contribution in [3.8, 4) is 0 Å². The zero-order valence-corrected chi connectivity index (χ0v) is 7.35. The Kier molecular flexibility index (Phi) is 2.53. The summed E-state index contributed by atoms with van der Waals surface area (Å²) in [4.78, 5) is 11.3. The van der Waals surface area contributed by atoms with Gasteiger partial charge in [0.15, 0.2) is 0 Å². The molecule has 0 aliphatic heterocycles. The summed E-state index contributed by atoms with van der Waals surface area (Å²) in [5.41, 5.74) is -0.116. The summed E-state index contributed by atoms with van der Waals surface area (Å²) < 4.78 is 4.79. The maximum Gasteiger partial charge on any atom is 0.311 e. The van der Waals surface area contributed by atoms with Crippen molar-refractivity contribution in [3.63, 3.8) is 0 Å². The van der Waals surface area contributed by atoms with Crippen molar-refractivity contribution < 1.29 is 9.53 Å². The first kappa shape index (κ1) is 8.57. The van der Waals surface area contributed by atoms with Crippen LogP contribution < -0.4 is 0 Å². The molecular formula is C9H16O2. The maximum absolute atomic E-state index is 11.3. The molecule has 1 rings (SSSR count). The summed E-state index contributed by atoms with van der Waals surface area (Å²) in [6, 6.07) is 0. The third-order valence-corrected chi connectivity index (χ3v) is 2.86. The van der Waals surface area contributed by atoms with E-state index in [0.29, 0.717) is 0 Å². The monoisotopic (exact) mass is 156 g/mol. The number of carbonyl (C=O) groups excluding carboxylic acids is 1. The number of rotatable bonds is 2. The zero-order valence-electron chi connectivity index (χ0n) is 7.35. The van der Waals surface area contributed by atoms with Crippen LogP contribution in [0.5, 0.6) is 0 Å². The Morgan fingerprint density at radius 2 is 2.00 bits per heavy atom. The molecule has 0 aromatic heterocycles. The van der Waals surface area contributed by atoms with E-state index in [1.807, 2.05) is 0 Å². The highest BCUT2D eigenvalue weighted by atomic mass is 16.5. The molecule has 0 amide bonds. The summed E-state index contributed by atoms with van der Waals surface area (Å²) in [6.45, 7) is 2.07. The first-order valence-corrected chi connectivity index (χ1v) is 4.33. The lowest BCUT2D eigenvalue weighted by atomic mass is 9.84. The van der Waals surface area contributed by atoms with Gasteiger partial charge in [0, 0.05) is 0 Å². The molecule has 0 spiro atoms. The van der Waals surface area contributed by atoms with E-state index >= 15 is 0 Å². The molecule has 0 aromatic rings. The van der Waals surface area contributed by atoms with Crippen molar-refractivity contribution in [2.45, 2.75) is 39.0 Å². The minimum absolute atomic E-state index is 0.00231. The molecule has 0 radical (unpaired) electrons. The summed E-state index contributed by atoms with van der Waals surface area (Å²) in [7, 11) is 1.48. The van der Waals surface area contributed by atoms with Crippen LogP contribution in [0.3, 0.4) is 0 Å². The van der Waals surface area contributed by atoms with Gasteiger partial charge < -0.3 is 4.74 Å². The normalized spacial score (nSPS) is 21.6. The van der Waals surface area contributed by atoms with Crippen molar-refractivity contribution in [3.05, 3.63) is 0 Å². The van der Waals surface area contributed by atoms with Gasteiger partial charge in [0.25, 0.3) is 0 Å². The molecule has 1 aliphatic carbocycles. The Morgan fingerprint density at radius 3 is 2.36 bits per heavy atom. The Balaban J connectivity index is 2.66. The van der Waals surface area contributed by atoms with E-state index in [1.165, 1.54) is 20.0 Å². The van der Waals surface area contributed by atoms with Crippen LogP contribution in [0.25, 0.3) is 0 Å². The van der Waals surface area contributed by atoms with Gasteiger partial charge >= 0.3 is 5.97 Å². The van der Waals surface area contributed by atoms with Gasteiger partial charge in [-0.05, 0) is 19.3 Å². The highest BCUT2D eigenvalue weighted by molar-refractivity contribution is 5.76. The zero-order chi connectivity index (χ0) is 8.32. The van der Waals surface area contributed by atoms with Gasteiger partial charge in [-0.15, -0.1) is 0 Å². The van der Waals surface area contributed by atoms with Gasteiger partial charge in [-0.3, -0.25) is 4.79 Å². The summed E-state index contributed by atoms with van der Waals surface area (Å²) in [6.07, 6.45) is 5.35. The van der Waals surface area contributed by atoms with Crippen LogP contribution in [-0.4, -0.2) is 13.1 Å². The lowest BCUT2D eigenvalue weighted by Crippen LogP contribution is -2.28. The van der Waals surface area contributed by atoms with Gasteiger partial charge in [-0.1, -0.05) is 19.8 Å². The third-order valence-electron chi connectivity index (χ3n) is 2.86. The molecular weight excluding hydrogens is 140 g/mol. The molecule has 0 heterocycles. The van der Waals surface area contributed by atoms with Crippen molar-refractivity contribution in [1.82, 2.24) is 0 Å². The Bertz CT molecular complexity index is 146. The predicted octanol–water partition coefficient (Wildman–Crippen LogP) is 2.13. The smallest absolute Gasteiger partial charge is 0.311 e. The average molecular weight is 156 g/mol. The number of carbonyl (C=O) groups is 1. The first-order chi connectivity index (χ1) is 5.25. The second kappa shape index (κ2) is 3.24. The molecule has 64 valence electrons. The Hall–Kier alpha value is -0.530. The number of hydrogen-bond acceptors (Lipinski definition) is 2. The fraction of sp³-hybridized carbons (Fsp3) is 0.889. The van der Waals surface area contributed by atoms with Crippen molar-refractivity contribution in [1.29, 1.82) is 0 Å². The SMILES string of the molecule is CCC1(C(=O)OC)CCCC1. The molecule has 2 nitrogen and oxygen atoms in total. The van der Waals surface area contributed by atoms with Crippen LogP contribution in [0.4, 0.5) is 0 Å². The third kappa shape index (κ3) is 1.39. The minimum atomic E-state index is -0.116. The molecule has 0 unspecified atom stereocenters. The quantitative estimate of drug-likeness (QED) is 0.572. The molecule has 2 heteroatoms. The van der Waals surface area contributed by atoms with E-state index in [1.54, 1.807) is 0 Å². The molecule has 1 fully saturated rings. The lowest BCUT2D eigenvalue weighted by molar-refractivity contribution is -0.152. The number of methoxy groups -OCH3 is 1. The highest BCUT2D eigenvalue weighted by Gasteiger charge is 2.40. The first-order valence-electron chi connectivity index (χ1n) is 4.33. The fourth-order valence-electron chi connectivity index (χ4n) is 1.97. The van der Waals surface area contributed by atoms with Crippen LogP contribution in [-0.2, 0) is 9.53 Å². The van der Waals surface area contributed by atoms with E-state index in [9.17, 15) is 4.79 Å². The number of ether oxygens (including phenoxy) is 1. The fourth-order valence-corrected chi connectivity index (χ4v) is 1.97.